The minimum absolute atomic E-state index is 0.330. The second-order valence-electron chi connectivity index (χ2n) is 2.35. The lowest BCUT2D eigenvalue weighted by molar-refractivity contribution is -0.307. The Morgan fingerprint density at radius 3 is 2.33 bits per heavy atom. The number of halogens is 1. The van der Waals surface area contributed by atoms with Crippen molar-refractivity contribution in [1.82, 2.24) is 0 Å². The quantitative estimate of drug-likeness (QED) is 0.651. The molecule has 0 saturated carbocycles. The number of rotatable bonds is 2. The fourth-order valence-electron chi connectivity index (χ4n) is 0.806. The highest BCUT2D eigenvalue weighted by Crippen LogP contribution is 2.09. The third-order valence-corrected chi connectivity index (χ3v) is 1.48. The van der Waals surface area contributed by atoms with Crippen molar-refractivity contribution in [3.05, 3.63) is 35.6 Å². The summed E-state index contributed by atoms with van der Waals surface area (Å²) < 4.78 is 12.3. The number of carboxylic acids is 1. The lowest BCUT2D eigenvalue weighted by Gasteiger charge is -2.11. The molecule has 0 saturated heterocycles. The topological polar surface area (TPSA) is 66.2 Å². The predicted molar refractivity (Wildman–Crippen MR) is 38.3 cm³/mol. The first-order chi connectivity index (χ1) is 5.61. The normalized spacial score (nSPS) is 12.5. The summed E-state index contributed by atoms with van der Waals surface area (Å²) in [6.07, 6.45) is 0. The van der Waals surface area contributed by atoms with Gasteiger partial charge in [-0.05, 0) is 17.7 Å². The van der Waals surface area contributed by atoms with Gasteiger partial charge in [-0.15, -0.1) is 0 Å². The zero-order chi connectivity index (χ0) is 9.14. The van der Waals surface area contributed by atoms with E-state index < -0.39 is 17.8 Å². The second-order valence-corrected chi connectivity index (χ2v) is 2.35. The van der Waals surface area contributed by atoms with E-state index in [1.807, 2.05) is 0 Å². The van der Waals surface area contributed by atoms with Crippen LogP contribution in [0, 0.1) is 5.82 Å². The number of hydrogen-bond donors (Lipinski definition) is 1. The van der Waals surface area contributed by atoms with E-state index in [4.69, 9.17) is 5.73 Å². The molecule has 1 unspecified atom stereocenters. The summed E-state index contributed by atoms with van der Waals surface area (Å²) in [6.45, 7) is 0. The van der Waals surface area contributed by atoms with Crippen molar-refractivity contribution in [2.45, 2.75) is 6.04 Å². The number of carbonyl (C=O) groups is 1. The second kappa shape index (κ2) is 3.32. The van der Waals surface area contributed by atoms with Crippen LogP contribution in [-0.4, -0.2) is 5.97 Å². The summed E-state index contributed by atoms with van der Waals surface area (Å²) in [5.74, 6) is -1.80. The van der Waals surface area contributed by atoms with Gasteiger partial charge in [-0.25, -0.2) is 4.39 Å². The maximum Gasteiger partial charge on any atom is 0.123 e. The maximum absolute atomic E-state index is 12.3. The van der Waals surface area contributed by atoms with Crippen molar-refractivity contribution >= 4 is 5.97 Å². The van der Waals surface area contributed by atoms with Crippen molar-refractivity contribution in [3.8, 4) is 0 Å². The molecule has 0 aliphatic heterocycles. The Morgan fingerprint density at radius 2 is 1.92 bits per heavy atom. The van der Waals surface area contributed by atoms with Gasteiger partial charge >= 0.3 is 0 Å². The number of carboxylic acid groups (broad SMARTS) is 1. The molecule has 0 heterocycles. The molecule has 3 nitrogen and oxygen atoms in total. The third kappa shape index (κ3) is 1.79. The minimum atomic E-state index is -1.37. The van der Waals surface area contributed by atoms with E-state index in [1.165, 1.54) is 12.1 Å². The van der Waals surface area contributed by atoms with Crippen molar-refractivity contribution in [2.24, 2.45) is 5.73 Å². The first-order valence-electron chi connectivity index (χ1n) is 3.33. The number of hydrogen-bond acceptors (Lipinski definition) is 3. The monoisotopic (exact) mass is 168 g/mol. The molecule has 1 aromatic carbocycles. The van der Waals surface area contributed by atoms with Gasteiger partial charge in [-0.2, -0.15) is 0 Å². The lowest BCUT2D eigenvalue weighted by atomic mass is 10.1. The molecule has 64 valence electrons. The van der Waals surface area contributed by atoms with E-state index in [1.54, 1.807) is 0 Å². The van der Waals surface area contributed by atoms with Crippen LogP contribution < -0.4 is 10.8 Å². The molecule has 0 radical (unpaired) electrons. The van der Waals surface area contributed by atoms with E-state index in [2.05, 4.69) is 0 Å². The smallest absolute Gasteiger partial charge is 0.123 e. The molecule has 0 aliphatic rings. The van der Waals surface area contributed by atoms with Crippen LogP contribution in [0.25, 0.3) is 0 Å². The first-order valence-corrected chi connectivity index (χ1v) is 3.33. The molecule has 1 atom stereocenters. The predicted octanol–water partition coefficient (Wildman–Crippen LogP) is -0.425. The number of carbonyl (C=O) groups excluding carboxylic acids is 1. The molecule has 2 N–H and O–H groups in total. The highest BCUT2D eigenvalue weighted by molar-refractivity contribution is 5.72. The number of nitrogens with two attached hydrogens (primary N) is 1. The van der Waals surface area contributed by atoms with Gasteiger partial charge in [-0.1, -0.05) is 12.1 Å². The van der Waals surface area contributed by atoms with Gasteiger partial charge in [0.1, 0.15) is 5.82 Å². The Morgan fingerprint density at radius 1 is 1.42 bits per heavy atom. The molecule has 0 aromatic heterocycles. The molecule has 12 heavy (non-hydrogen) atoms. The lowest BCUT2D eigenvalue weighted by Crippen LogP contribution is -2.34. The standard InChI is InChI=1S/C8H8FNO2/c9-6-3-1-5(2-4-6)7(10)8(11)12/h1-4,7H,10H2,(H,11,12)/p-1. The average molecular weight is 168 g/mol. The van der Waals surface area contributed by atoms with E-state index in [0.29, 0.717) is 5.56 Å². The van der Waals surface area contributed by atoms with E-state index >= 15 is 0 Å². The Labute approximate surface area is 68.6 Å². The van der Waals surface area contributed by atoms with Crippen molar-refractivity contribution in [3.63, 3.8) is 0 Å². The Hall–Kier alpha value is -1.42. The van der Waals surface area contributed by atoms with Crippen LogP contribution in [0.1, 0.15) is 11.6 Å². The van der Waals surface area contributed by atoms with Gasteiger partial charge < -0.3 is 15.6 Å². The third-order valence-electron chi connectivity index (χ3n) is 1.48. The molecular formula is C8H7FNO2-. The largest absolute Gasteiger partial charge is 0.548 e. The Balaban J connectivity index is 2.89. The number of aliphatic carboxylic acids is 1. The highest BCUT2D eigenvalue weighted by atomic mass is 19.1. The van der Waals surface area contributed by atoms with Crippen LogP contribution in [0.5, 0.6) is 0 Å². The number of benzene rings is 1. The van der Waals surface area contributed by atoms with Gasteiger partial charge in [0.05, 0.1) is 12.0 Å². The summed E-state index contributed by atoms with van der Waals surface area (Å²) in [4.78, 5) is 10.3. The van der Waals surface area contributed by atoms with Crippen molar-refractivity contribution in [1.29, 1.82) is 0 Å². The van der Waals surface area contributed by atoms with Crippen LogP contribution in [0.3, 0.4) is 0 Å². The van der Waals surface area contributed by atoms with Gasteiger partial charge in [0.25, 0.3) is 0 Å². The average Bonchev–Trinajstić information content (AvgIpc) is 2.04. The SMILES string of the molecule is NC(C(=O)[O-])c1ccc(F)cc1. The van der Waals surface area contributed by atoms with Crippen LogP contribution in [0.4, 0.5) is 4.39 Å². The van der Waals surface area contributed by atoms with Gasteiger partial charge in [0.15, 0.2) is 0 Å². The van der Waals surface area contributed by atoms with Crippen molar-refractivity contribution < 1.29 is 14.3 Å². The molecule has 0 spiro atoms. The highest BCUT2D eigenvalue weighted by Gasteiger charge is 2.05. The van der Waals surface area contributed by atoms with Crippen molar-refractivity contribution in [2.75, 3.05) is 0 Å². The molecule has 0 aliphatic carbocycles. The van der Waals surface area contributed by atoms with Gasteiger partial charge in [0.2, 0.25) is 0 Å². The summed E-state index contributed by atoms with van der Waals surface area (Å²) in [7, 11) is 0. The zero-order valence-electron chi connectivity index (χ0n) is 6.16. The fourth-order valence-corrected chi connectivity index (χ4v) is 0.806. The summed E-state index contributed by atoms with van der Waals surface area (Å²) in [6, 6.07) is 3.74. The van der Waals surface area contributed by atoms with Crippen LogP contribution in [-0.2, 0) is 4.79 Å². The van der Waals surface area contributed by atoms with Crippen LogP contribution >= 0.6 is 0 Å². The molecule has 1 aromatic rings. The summed E-state index contributed by atoms with van der Waals surface area (Å²) in [5, 5.41) is 10.3. The molecule has 0 fully saturated rings. The van der Waals surface area contributed by atoms with Gasteiger partial charge in [0, 0.05) is 0 Å². The summed E-state index contributed by atoms with van der Waals surface area (Å²) in [5.41, 5.74) is 5.53. The summed E-state index contributed by atoms with van der Waals surface area (Å²) >= 11 is 0. The molecule has 4 heteroatoms. The maximum atomic E-state index is 12.3. The van der Waals surface area contributed by atoms with Crippen LogP contribution in [0.2, 0.25) is 0 Å². The Bertz CT molecular complexity index is 284. The van der Waals surface area contributed by atoms with Crippen LogP contribution in [0.15, 0.2) is 24.3 Å². The Kier molecular flexibility index (Phi) is 2.40. The van der Waals surface area contributed by atoms with E-state index in [9.17, 15) is 14.3 Å². The zero-order valence-corrected chi connectivity index (χ0v) is 6.16. The molecular weight excluding hydrogens is 161 g/mol. The minimum Gasteiger partial charge on any atom is -0.548 e. The first kappa shape index (κ1) is 8.67. The fraction of sp³-hybridized carbons (Fsp3) is 0.125. The van der Waals surface area contributed by atoms with Gasteiger partial charge in [-0.3, -0.25) is 0 Å². The van der Waals surface area contributed by atoms with E-state index in [0.717, 1.165) is 12.1 Å². The molecule has 1 rings (SSSR count). The molecule has 0 bridgehead atoms. The molecule has 0 amide bonds. The van der Waals surface area contributed by atoms with E-state index in [-0.39, 0.29) is 0 Å².